The molecular weight excluding hydrogens is 470 g/mol. The molecule has 1 amide bonds. The average Bonchev–Trinajstić information content (AvgIpc) is 3.18. The second-order valence-corrected chi connectivity index (χ2v) is 8.25. The molecule has 150 valence electrons. The summed E-state index contributed by atoms with van der Waals surface area (Å²) in [6.45, 7) is 3.96. The van der Waals surface area contributed by atoms with Crippen LogP contribution < -0.4 is 15.4 Å². The van der Waals surface area contributed by atoms with E-state index < -0.39 is 11.9 Å². The molecule has 0 aliphatic carbocycles. The number of carbonyl (C=O) groups excluding carboxylic acids is 1. The monoisotopic (exact) mass is 483 g/mol. The number of nitrogens with zero attached hydrogens (tertiary/aromatic N) is 3. The molecule has 0 bridgehead atoms. The number of carbonyl (C=O) groups is 2. The first kappa shape index (κ1) is 20.0. The molecule has 7 nitrogen and oxygen atoms in total. The van der Waals surface area contributed by atoms with Crippen molar-refractivity contribution < 1.29 is 19.8 Å². The molecule has 0 spiro atoms. The van der Waals surface area contributed by atoms with Gasteiger partial charge in [0.1, 0.15) is 4.88 Å². The van der Waals surface area contributed by atoms with Crippen LogP contribution in [-0.2, 0) is 11.3 Å². The third-order valence-corrected chi connectivity index (χ3v) is 5.98. The number of carboxylic acids is 1. The van der Waals surface area contributed by atoms with Crippen molar-refractivity contribution in [1.29, 1.82) is 0 Å². The van der Waals surface area contributed by atoms with Gasteiger partial charge in [0, 0.05) is 16.2 Å². The van der Waals surface area contributed by atoms with Gasteiger partial charge >= 0.3 is 5.97 Å². The number of benzene rings is 2. The molecule has 1 aromatic heterocycles. The first-order valence-electron chi connectivity index (χ1n) is 8.74. The summed E-state index contributed by atoms with van der Waals surface area (Å²) in [4.78, 5) is 33.1. The first-order chi connectivity index (χ1) is 14.4. The van der Waals surface area contributed by atoms with Crippen LogP contribution in [0.2, 0.25) is 0 Å². The van der Waals surface area contributed by atoms with Crippen LogP contribution in [0.1, 0.15) is 15.2 Å². The standard InChI is InChI=1S/C21H14BrN3O4S/c1-2-8-25-19(27)17(16-14-10-12(22)6-7-15(14)24-18(16)26)30-21(25)23-13-5-3-4-11(9-13)20(28)29/h2-7,9-10,27H,1,8H2,(H,28,29). The Balaban J connectivity index is 1.98. The van der Waals surface area contributed by atoms with Crippen LogP contribution in [-0.4, -0.2) is 26.7 Å². The minimum atomic E-state index is -1.06. The molecule has 3 aromatic rings. The van der Waals surface area contributed by atoms with E-state index in [0.717, 1.165) is 15.8 Å². The van der Waals surface area contributed by atoms with Gasteiger partial charge < -0.3 is 10.2 Å². The number of allylic oxidation sites excluding steroid dienone is 1. The second-order valence-electron chi connectivity index (χ2n) is 6.36. The van der Waals surface area contributed by atoms with Gasteiger partial charge in [-0.15, -0.1) is 6.58 Å². The van der Waals surface area contributed by atoms with Gasteiger partial charge in [-0.3, -0.25) is 9.36 Å². The number of aromatic carboxylic acids is 1. The minimum Gasteiger partial charge on any atom is -0.493 e. The summed E-state index contributed by atoms with van der Waals surface area (Å²) < 4.78 is 2.30. The molecule has 4 rings (SSSR count). The van der Waals surface area contributed by atoms with Crippen molar-refractivity contribution in [3.05, 3.63) is 85.4 Å². The maximum atomic E-state index is 12.6. The van der Waals surface area contributed by atoms with E-state index in [2.05, 4.69) is 32.5 Å². The molecule has 0 radical (unpaired) electrons. The first-order valence-corrected chi connectivity index (χ1v) is 10.3. The van der Waals surface area contributed by atoms with E-state index in [1.807, 2.05) is 0 Å². The van der Waals surface area contributed by atoms with Crippen LogP contribution in [0.4, 0.5) is 5.69 Å². The lowest BCUT2D eigenvalue weighted by Crippen LogP contribution is -2.22. The molecule has 9 heteroatoms. The van der Waals surface area contributed by atoms with Gasteiger partial charge in [0.2, 0.25) is 5.88 Å². The van der Waals surface area contributed by atoms with E-state index in [1.54, 1.807) is 36.4 Å². The number of hydrogen-bond acceptors (Lipinski definition) is 5. The zero-order chi connectivity index (χ0) is 21.4. The summed E-state index contributed by atoms with van der Waals surface area (Å²) in [5.74, 6) is -1.62. The van der Waals surface area contributed by atoms with Crippen LogP contribution in [0.15, 0.2) is 69.6 Å². The Morgan fingerprint density at radius 2 is 2.10 bits per heavy atom. The van der Waals surface area contributed by atoms with Crippen molar-refractivity contribution >= 4 is 50.4 Å². The van der Waals surface area contributed by atoms with E-state index in [9.17, 15) is 19.8 Å². The van der Waals surface area contributed by atoms with Gasteiger partial charge in [-0.25, -0.2) is 14.8 Å². The van der Waals surface area contributed by atoms with Gasteiger partial charge in [0.05, 0.1) is 22.2 Å². The van der Waals surface area contributed by atoms with Gasteiger partial charge in [-0.05, 0) is 36.4 Å². The number of amides is 1. The van der Waals surface area contributed by atoms with Crippen LogP contribution in [0.5, 0.6) is 5.88 Å². The largest absolute Gasteiger partial charge is 0.493 e. The molecule has 2 heterocycles. The van der Waals surface area contributed by atoms with Crippen LogP contribution in [0.25, 0.3) is 5.57 Å². The van der Waals surface area contributed by atoms with Crippen molar-refractivity contribution in [3.63, 3.8) is 0 Å². The Labute approximate surface area is 182 Å². The molecule has 1 aliphatic rings. The fourth-order valence-electron chi connectivity index (χ4n) is 3.07. The molecule has 2 N–H and O–H groups in total. The summed E-state index contributed by atoms with van der Waals surface area (Å²) in [6, 6.07) is 11.5. The molecule has 0 unspecified atom stereocenters. The Morgan fingerprint density at radius 3 is 2.83 bits per heavy atom. The Morgan fingerprint density at radius 1 is 1.30 bits per heavy atom. The molecular formula is C21H14BrN3O4S. The number of rotatable bonds is 5. The van der Waals surface area contributed by atoms with E-state index >= 15 is 0 Å². The molecule has 0 saturated heterocycles. The van der Waals surface area contributed by atoms with Crippen molar-refractivity contribution in [2.45, 2.75) is 6.54 Å². The number of carboxylic acid groups (broad SMARTS) is 1. The molecule has 30 heavy (non-hydrogen) atoms. The highest BCUT2D eigenvalue weighted by atomic mass is 79.9. The minimum absolute atomic E-state index is 0.102. The summed E-state index contributed by atoms with van der Waals surface area (Å²) >= 11 is 4.52. The lowest BCUT2D eigenvalue weighted by atomic mass is 10.1. The van der Waals surface area contributed by atoms with Gasteiger partial charge in [0.25, 0.3) is 5.91 Å². The molecule has 1 aliphatic heterocycles. The summed E-state index contributed by atoms with van der Waals surface area (Å²) in [6.07, 6.45) is 1.60. The van der Waals surface area contributed by atoms with Crippen molar-refractivity contribution in [3.8, 4) is 5.88 Å². The highest BCUT2D eigenvalue weighted by Gasteiger charge is 2.25. The zero-order valence-corrected chi connectivity index (χ0v) is 17.8. The fourth-order valence-corrected chi connectivity index (χ4v) is 4.54. The average molecular weight is 484 g/mol. The van der Waals surface area contributed by atoms with Gasteiger partial charge in [-0.2, -0.15) is 0 Å². The number of fused-ring (bicyclic) bond motifs is 1. The topological polar surface area (TPSA) is 104 Å². The number of aromatic hydroxyl groups is 1. The number of hydrogen-bond donors (Lipinski definition) is 2. The SMILES string of the molecule is C=CCn1c(O)c(C2=c3cc(Br)ccc3=NC2=O)sc1=Nc1cccc(C(=O)O)c1. The Kier molecular flexibility index (Phi) is 5.23. The van der Waals surface area contributed by atoms with Crippen molar-refractivity contribution in [2.75, 3.05) is 0 Å². The lowest BCUT2D eigenvalue weighted by Gasteiger charge is -2.02. The smallest absolute Gasteiger partial charge is 0.335 e. The normalized spacial score (nSPS) is 13.3. The predicted molar refractivity (Wildman–Crippen MR) is 115 cm³/mol. The van der Waals surface area contributed by atoms with Crippen molar-refractivity contribution in [2.24, 2.45) is 9.98 Å². The molecule has 0 fully saturated rings. The quantitative estimate of drug-likeness (QED) is 0.543. The molecule has 2 aromatic carbocycles. The summed E-state index contributed by atoms with van der Waals surface area (Å²) in [5.41, 5.74) is 0.814. The van der Waals surface area contributed by atoms with E-state index in [1.165, 1.54) is 16.7 Å². The Bertz CT molecular complexity index is 1420. The van der Waals surface area contributed by atoms with E-state index in [4.69, 9.17) is 0 Å². The number of aromatic nitrogens is 1. The van der Waals surface area contributed by atoms with Gasteiger partial charge in [-0.1, -0.05) is 39.4 Å². The second kappa shape index (κ2) is 7.85. The van der Waals surface area contributed by atoms with Crippen LogP contribution in [0, 0.1) is 0 Å². The van der Waals surface area contributed by atoms with Crippen LogP contribution in [0.3, 0.4) is 0 Å². The third kappa shape index (κ3) is 3.53. The summed E-state index contributed by atoms with van der Waals surface area (Å²) in [5, 5.41) is 21.2. The van der Waals surface area contributed by atoms with Crippen LogP contribution >= 0.6 is 27.3 Å². The molecule has 0 atom stereocenters. The number of halogens is 1. The highest BCUT2D eigenvalue weighted by molar-refractivity contribution is 9.10. The number of thiazole rings is 1. The molecule has 0 saturated carbocycles. The maximum absolute atomic E-state index is 12.6. The van der Waals surface area contributed by atoms with Gasteiger partial charge in [0.15, 0.2) is 4.80 Å². The maximum Gasteiger partial charge on any atom is 0.335 e. The van der Waals surface area contributed by atoms with Crippen molar-refractivity contribution in [1.82, 2.24) is 4.57 Å². The summed E-state index contributed by atoms with van der Waals surface area (Å²) in [7, 11) is 0. The highest BCUT2D eigenvalue weighted by Crippen LogP contribution is 2.29. The lowest BCUT2D eigenvalue weighted by molar-refractivity contribution is -0.112. The fraction of sp³-hybridized carbons (Fsp3) is 0.0476. The van der Waals surface area contributed by atoms with E-state index in [0.29, 0.717) is 31.5 Å². The Hall–Kier alpha value is -3.30. The zero-order valence-electron chi connectivity index (χ0n) is 15.4. The third-order valence-electron chi connectivity index (χ3n) is 4.40. The predicted octanol–water partition coefficient (Wildman–Crippen LogP) is 2.49. The van der Waals surface area contributed by atoms with E-state index in [-0.39, 0.29) is 18.0 Å².